The third-order valence-corrected chi connectivity index (χ3v) is 4.18. The summed E-state index contributed by atoms with van der Waals surface area (Å²) in [6, 6.07) is 1.40. The standard InChI is InChI=1S/C14H18ClN3O3/c1-9-3-2-4-10(6-5-9)17-14(19)11-7-8-16-13(15)12(11)18(20)21/h7-10H,2-6H2,1H3,(H,17,19). The summed E-state index contributed by atoms with van der Waals surface area (Å²) >= 11 is 5.72. The van der Waals surface area contributed by atoms with Crippen LogP contribution in [0.3, 0.4) is 0 Å². The van der Waals surface area contributed by atoms with Gasteiger partial charge < -0.3 is 5.32 Å². The van der Waals surface area contributed by atoms with E-state index in [0.717, 1.165) is 32.1 Å². The highest BCUT2D eigenvalue weighted by atomic mass is 35.5. The van der Waals surface area contributed by atoms with Crippen molar-refractivity contribution in [2.45, 2.75) is 45.1 Å². The van der Waals surface area contributed by atoms with Gasteiger partial charge in [0.25, 0.3) is 5.91 Å². The summed E-state index contributed by atoms with van der Waals surface area (Å²) in [7, 11) is 0. The molecular formula is C14H18ClN3O3. The summed E-state index contributed by atoms with van der Waals surface area (Å²) in [6.45, 7) is 2.21. The van der Waals surface area contributed by atoms with E-state index in [0.29, 0.717) is 5.92 Å². The van der Waals surface area contributed by atoms with E-state index < -0.39 is 16.5 Å². The summed E-state index contributed by atoms with van der Waals surface area (Å²) in [5.41, 5.74) is -0.462. The highest BCUT2D eigenvalue weighted by Crippen LogP contribution is 2.27. The van der Waals surface area contributed by atoms with Crippen LogP contribution in [0.5, 0.6) is 0 Å². The van der Waals surface area contributed by atoms with Crippen LogP contribution in [0.2, 0.25) is 5.15 Å². The Morgan fingerprint density at radius 2 is 2.19 bits per heavy atom. The molecule has 1 heterocycles. The van der Waals surface area contributed by atoms with E-state index in [1.54, 1.807) is 0 Å². The maximum atomic E-state index is 12.3. The van der Waals surface area contributed by atoms with Gasteiger partial charge in [0.1, 0.15) is 5.56 Å². The predicted molar refractivity (Wildman–Crippen MR) is 79.4 cm³/mol. The van der Waals surface area contributed by atoms with E-state index in [4.69, 9.17) is 11.6 Å². The molecule has 21 heavy (non-hydrogen) atoms. The summed E-state index contributed by atoms with van der Waals surface area (Å²) in [5, 5.41) is 13.7. The second kappa shape index (κ2) is 6.85. The molecule has 2 rings (SSSR count). The number of aromatic nitrogens is 1. The highest BCUT2D eigenvalue weighted by Gasteiger charge is 2.26. The maximum Gasteiger partial charge on any atom is 0.319 e. The summed E-state index contributed by atoms with van der Waals surface area (Å²) in [4.78, 5) is 26.3. The van der Waals surface area contributed by atoms with Crippen LogP contribution in [0.25, 0.3) is 0 Å². The number of halogens is 1. The summed E-state index contributed by atoms with van der Waals surface area (Å²) in [6.07, 6.45) is 6.39. The number of hydrogen-bond acceptors (Lipinski definition) is 4. The van der Waals surface area contributed by atoms with Gasteiger partial charge in [-0.2, -0.15) is 0 Å². The van der Waals surface area contributed by atoms with E-state index in [1.807, 2.05) is 0 Å². The lowest BCUT2D eigenvalue weighted by Crippen LogP contribution is -2.34. The topological polar surface area (TPSA) is 85.1 Å². The summed E-state index contributed by atoms with van der Waals surface area (Å²) in [5.74, 6) is 0.210. The van der Waals surface area contributed by atoms with Crippen molar-refractivity contribution in [3.63, 3.8) is 0 Å². The molecule has 2 unspecified atom stereocenters. The maximum absolute atomic E-state index is 12.3. The van der Waals surface area contributed by atoms with Crippen molar-refractivity contribution < 1.29 is 9.72 Å². The van der Waals surface area contributed by atoms with Gasteiger partial charge in [-0.1, -0.05) is 31.4 Å². The largest absolute Gasteiger partial charge is 0.349 e. The van der Waals surface area contributed by atoms with Crippen LogP contribution in [-0.2, 0) is 0 Å². The van der Waals surface area contributed by atoms with Gasteiger partial charge in [-0.15, -0.1) is 0 Å². The molecule has 1 amide bonds. The molecule has 1 aliphatic carbocycles. The lowest BCUT2D eigenvalue weighted by Gasteiger charge is -2.16. The van der Waals surface area contributed by atoms with Gasteiger partial charge in [0.05, 0.1) is 4.92 Å². The molecular weight excluding hydrogens is 294 g/mol. The average Bonchev–Trinajstić information content (AvgIpc) is 2.63. The molecule has 1 N–H and O–H groups in total. The molecule has 1 aromatic rings. The number of carbonyl (C=O) groups is 1. The molecule has 0 aliphatic heterocycles. The fourth-order valence-corrected chi connectivity index (χ4v) is 2.91. The Balaban J connectivity index is 2.13. The Hall–Kier alpha value is -1.69. The zero-order chi connectivity index (χ0) is 15.4. The van der Waals surface area contributed by atoms with E-state index in [1.165, 1.54) is 12.3 Å². The first-order valence-corrected chi connectivity index (χ1v) is 7.46. The lowest BCUT2D eigenvalue weighted by molar-refractivity contribution is -0.385. The minimum atomic E-state index is -0.667. The van der Waals surface area contributed by atoms with Gasteiger partial charge >= 0.3 is 5.69 Å². The average molecular weight is 312 g/mol. The SMILES string of the molecule is CC1CCCC(NC(=O)c2ccnc(Cl)c2[N+](=O)[O-])CC1. The zero-order valence-electron chi connectivity index (χ0n) is 11.8. The van der Waals surface area contributed by atoms with Crippen LogP contribution >= 0.6 is 11.6 Å². The number of amides is 1. The lowest BCUT2D eigenvalue weighted by atomic mass is 10.0. The quantitative estimate of drug-likeness (QED) is 0.401. The normalized spacial score (nSPS) is 22.4. The number of nitro groups is 1. The van der Waals surface area contributed by atoms with E-state index in [2.05, 4.69) is 17.2 Å². The molecule has 7 heteroatoms. The molecule has 0 aromatic carbocycles. The first kappa shape index (κ1) is 15.7. The Labute approximate surface area is 128 Å². The Bertz CT molecular complexity index is 550. The van der Waals surface area contributed by atoms with Crippen molar-refractivity contribution in [3.8, 4) is 0 Å². The molecule has 6 nitrogen and oxygen atoms in total. The van der Waals surface area contributed by atoms with Gasteiger partial charge in [0.2, 0.25) is 5.15 Å². The van der Waals surface area contributed by atoms with Gasteiger partial charge in [0, 0.05) is 12.2 Å². The van der Waals surface area contributed by atoms with Crippen LogP contribution in [-0.4, -0.2) is 21.9 Å². The van der Waals surface area contributed by atoms with Gasteiger partial charge in [0.15, 0.2) is 0 Å². The van der Waals surface area contributed by atoms with Crippen LogP contribution in [0, 0.1) is 16.0 Å². The molecule has 114 valence electrons. The first-order valence-electron chi connectivity index (χ1n) is 7.08. The number of carbonyl (C=O) groups excluding carboxylic acids is 1. The molecule has 0 radical (unpaired) electrons. The third kappa shape index (κ3) is 3.91. The smallest absolute Gasteiger partial charge is 0.319 e. The number of rotatable bonds is 3. The van der Waals surface area contributed by atoms with Crippen LogP contribution in [0.15, 0.2) is 12.3 Å². The number of nitrogens with zero attached hydrogens (tertiary/aromatic N) is 2. The minimum absolute atomic E-state index is 0.0303. The molecule has 1 aliphatic rings. The molecule has 1 fully saturated rings. The Kier molecular flexibility index (Phi) is 5.12. The van der Waals surface area contributed by atoms with Gasteiger partial charge in [-0.25, -0.2) is 4.98 Å². The van der Waals surface area contributed by atoms with Crippen molar-refractivity contribution in [1.82, 2.24) is 10.3 Å². The van der Waals surface area contributed by atoms with E-state index >= 15 is 0 Å². The Morgan fingerprint density at radius 3 is 2.90 bits per heavy atom. The van der Waals surface area contributed by atoms with Gasteiger partial charge in [-0.05, 0) is 31.2 Å². The highest BCUT2D eigenvalue weighted by molar-refractivity contribution is 6.32. The summed E-state index contributed by atoms with van der Waals surface area (Å²) < 4.78 is 0. The Morgan fingerprint density at radius 1 is 1.43 bits per heavy atom. The minimum Gasteiger partial charge on any atom is -0.349 e. The van der Waals surface area contributed by atoms with Crippen molar-refractivity contribution in [1.29, 1.82) is 0 Å². The monoisotopic (exact) mass is 311 g/mol. The van der Waals surface area contributed by atoms with Gasteiger partial charge in [-0.3, -0.25) is 14.9 Å². The molecule has 1 aromatic heterocycles. The first-order chi connectivity index (χ1) is 9.99. The molecule has 2 atom stereocenters. The second-order valence-corrected chi connectivity index (χ2v) is 5.90. The predicted octanol–water partition coefficient (Wildman–Crippen LogP) is 3.34. The second-order valence-electron chi connectivity index (χ2n) is 5.54. The van der Waals surface area contributed by atoms with Crippen molar-refractivity contribution in [2.24, 2.45) is 5.92 Å². The van der Waals surface area contributed by atoms with Crippen LogP contribution in [0.4, 0.5) is 5.69 Å². The molecule has 1 saturated carbocycles. The van der Waals surface area contributed by atoms with Crippen molar-refractivity contribution >= 4 is 23.2 Å². The van der Waals surface area contributed by atoms with E-state index in [-0.39, 0.29) is 16.8 Å². The third-order valence-electron chi connectivity index (χ3n) is 3.90. The van der Waals surface area contributed by atoms with Crippen molar-refractivity contribution in [3.05, 3.63) is 33.1 Å². The van der Waals surface area contributed by atoms with E-state index in [9.17, 15) is 14.9 Å². The number of hydrogen-bond donors (Lipinski definition) is 1. The van der Waals surface area contributed by atoms with Crippen LogP contribution < -0.4 is 5.32 Å². The fourth-order valence-electron chi connectivity index (χ4n) is 2.68. The molecule has 0 spiro atoms. The molecule has 0 saturated heterocycles. The molecule has 0 bridgehead atoms. The number of pyridine rings is 1. The zero-order valence-corrected chi connectivity index (χ0v) is 12.6. The van der Waals surface area contributed by atoms with Crippen LogP contribution in [0.1, 0.15) is 49.4 Å². The fraction of sp³-hybridized carbons (Fsp3) is 0.571. The number of nitrogens with one attached hydrogen (secondary N) is 1. The van der Waals surface area contributed by atoms with Crippen molar-refractivity contribution in [2.75, 3.05) is 0 Å².